The summed E-state index contributed by atoms with van der Waals surface area (Å²) in [6, 6.07) is 1.06. The number of hydrogen-bond acceptors (Lipinski definition) is 2. The molecule has 1 unspecified atom stereocenters. The van der Waals surface area contributed by atoms with E-state index < -0.39 is 0 Å². The van der Waals surface area contributed by atoms with E-state index in [1.54, 1.807) is 13.4 Å². The van der Waals surface area contributed by atoms with Gasteiger partial charge in [0.25, 0.3) is 0 Å². The van der Waals surface area contributed by atoms with Crippen LogP contribution < -0.4 is 5.32 Å². The van der Waals surface area contributed by atoms with Crippen molar-refractivity contribution >= 4 is 6.34 Å². The molecule has 0 radical (unpaired) electrons. The number of aliphatic imine (C=N–C) groups is 1. The van der Waals surface area contributed by atoms with Gasteiger partial charge in [0.1, 0.15) is 0 Å². The van der Waals surface area contributed by atoms with Crippen molar-refractivity contribution in [1.82, 2.24) is 10.2 Å². The van der Waals surface area contributed by atoms with Crippen LogP contribution in [0.5, 0.6) is 0 Å². The Morgan fingerprint density at radius 2 is 2.00 bits per heavy atom. The van der Waals surface area contributed by atoms with Crippen LogP contribution in [0.3, 0.4) is 0 Å². The fraction of sp³-hybridized carbons (Fsp3) is 0.889. The van der Waals surface area contributed by atoms with Crippen molar-refractivity contribution in [2.75, 3.05) is 20.6 Å². The van der Waals surface area contributed by atoms with Gasteiger partial charge in [-0.05, 0) is 27.8 Å². The van der Waals surface area contributed by atoms with E-state index in [2.05, 4.69) is 43.0 Å². The van der Waals surface area contributed by atoms with E-state index in [4.69, 9.17) is 0 Å². The van der Waals surface area contributed by atoms with Crippen molar-refractivity contribution in [3.63, 3.8) is 0 Å². The second-order valence-corrected chi connectivity index (χ2v) is 3.49. The van der Waals surface area contributed by atoms with Crippen molar-refractivity contribution in [2.24, 2.45) is 4.99 Å². The van der Waals surface area contributed by atoms with Gasteiger partial charge in [0.2, 0.25) is 0 Å². The highest BCUT2D eigenvalue weighted by molar-refractivity contribution is 5.54. The highest BCUT2D eigenvalue weighted by atomic mass is 15.1. The first-order chi connectivity index (χ1) is 5.57. The Kier molecular flexibility index (Phi) is 5.72. The summed E-state index contributed by atoms with van der Waals surface area (Å²) in [5.74, 6) is 0. The SMILES string of the molecule is CN=CNC(C)CN(C)C(C)C. The Labute approximate surface area is 75.9 Å². The predicted molar refractivity (Wildman–Crippen MR) is 54.8 cm³/mol. The molecule has 1 N–H and O–H groups in total. The van der Waals surface area contributed by atoms with Gasteiger partial charge in [0.15, 0.2) is 0 Å². The van der Waals surface area contributed by atoms with Crippen LogP contribution in [0, 0.1) is 0 Å². The van der Waals surface area contributed by atoms with E-state index in [-0.39, 0.29) is 0 Å². The quantitative estimate of drug-likeness (QED) is 0.493. The normalized spacial score (nSPS) is 14.6. The van der Waals surface area contributed by atoms with Crippen LogP contribution in [0.4, 0.5) is 0 Å². The smallest absolute Gasteiger partial charge is 0.0822 e. The number of nitrogens with one attached hydrogen (secondary N) is 1. The second kappa shape index (κ2) is 6.00. The first-order valence-corrected chi connectivity index (χ1v) is 4.44. The molecule has 0 saturated carbocycles. The summed E-state index contributed by atoms with van der Waals surface area (Å²) in [6.45, 7) is 7.59. The average molecular weight is 171 g/mol. The fourth-order valence-corrected chi connectivity index (χ4v) is 0.897. The highest BCUT2D eigenvalue weighted by Crippen LogP contribution is 1.94. The summed E-state index contributed by atoms with van der Waals surface area (Å²) in [7, 11) is 3.90. The third-order valence-corrected chi connectivity index (χ3v) is 1.93. The van der Waals surface area contributed by atoms with Crippen LogP contribution in [0.2, 0.25) is 0 Å². The zero-order valence-corrected chi connectivity index (χ0v) is 8.83. The molecule has 0 saturated heterocycles. The summed E-state index contributed by atoms with van der Waals surface area (Å²) in [4.78, 5) is 6.18. The number of hydrogen-bond donors (Lipinski definition) is 1. The van der Waals surface area contributed by atoms with E-state index in [1.807, 2.05) is 0 Å². The van der Waals surface area contributed by atoms with Crippen LogP contribution >= 0.6 is 0 Å². The Bertz CT molecular complexity index is 132. The lowest BCUT2D eigenvalue weighted by Gasteiger charge is -2.24. The van der Waals surface area contributed by atoms with Gasteiger partial charge in [-0.3, -0.25) is 4.99 Å². The average Bonchev–Trinajstić information content (AvgIpc) is 2.00. The van der Waals surface area contributed by atoms with E-state index in [1.165, 1.54) is 0 Å². The molecule has 0 aromatic rings. The molecule has 3 heteroatoms. The molecule has 0 aliphatic heterocycles. The molecule has 3 nitrogen and oxygen atoms in total. The lowest BCUT2D eigenvalue weighted by molar-refractivity contribution is 0.256. The maximum atomic E-state index is 3.87. The summed E-state index contributed by atoms with van der Waals surface area (Å²) in [5, 5.41) is 3.18. The molecular weight excluding hydrogens is 150 g/mol. The summed E-state index contributed by atoms with van der Waals surface area (Å²) < 4.78 is 0. The largest absolute Gasteiger partial charge is 0.373 e. The van der Waals surface area contributed by atoms with E-state index in [0.717, 1.165) is 6.54 Å². The molecule has 0 rings (SSSR count). The first kappa shape index (κ1) is 11.4. The van der Waals surface area contributed by atoms with Gasteiger partial charge in [-0.1, -0.05) is 0 Å². The van der Waals surface area contributed by atoms with Crippen LogP contribution in [0.25, 0.3) is 0 Å². The predicted octanol–water partition coefficient (Wildman–Crippen LogP) is 0.963. The van der Waals surface area contributed by atoms with Gasteiger partial charge in [-0.15, -0.1) is 0 Å². The number of rotatable bonds is 5. The third-order valence-electron chi connectivity index (χ3n) is 1.93. The lowest BCUT2D eigenvalue weighted by Crippen LogP contribution is -2.39. The number of nitrogens with zero attached hydrogens (tertiary/aromatic N) is 2. The molecular formula is C9H21N3. The minimum absolute atomic E-state index is 0.459. The molecule has 12 heavy (non-hydrogen) atoms. The summed E-state index contributed by atoms with van der Waals surface area (Å²) in [5.41, 5.74) is 0. The molecule has 0 heterocycles. The van der Waals surface area contributed by atoms with E-state index in [9.17, 15) is 0 Å². The van der Waals surface area contributed by atoms with Crippen molar-refractivity contribution < 1.29 is 0 Å². The Morgan fingerprint density at radius 3 is 2.42 bits per heavy atom. The van der Waals surface area contributed by atoms with Gasteiger partial charge in [-0.25, -0.2) is 0 Å². The van der Waals surface area contributed by atoms with Gasteiger partial charge < -0.3 is 10.2 Å². The van der Waals surface area contributed by atoms with Crippen LogP contribution in [-0.2, 0) is 0 Å². The highest BCUT2D eigenvalue weighted by Gasteiger charge is 2.06. The molecule has 1 atom stereocenters. The zero-order valence-electron chi connectivity index (χ0n) is 8.83. The van der Waals surface area contributed by atoms with E-state index in [0.29, 0.717) is 12.1 Å². The molecule has 72 valence electrons. The molecule has 0 aromatic heterocycles. The molecule has 0 aromatic carbocycles. The Morgan fingerprint density at radius 1 is 1.42 bits per heavy atom. The Hall–Kier alpha value is -0.570. The minimum atomic E-state index is 0.459. The topological polar surface area (TPSA) is 27.6 Å². The maximum absolute atomic E-state index is 3.87. The summed E-state index contributed by atoms with van der Waals surface area (Å²) >= 11 is 0. The van der Waals surface area contributed by atoms with Gasteiger partial charge in [0, 0.05) is 25.7 Å². The van der Waals surface area contributed by atoms with Crippen molar-refractivity contribution in [2.45, 2.75) is 32.9 Å². The molecule has 0 aliphatic rings. The molecule has 0 bridgehead atoms. The van der Waals surface area contributed by atoms with Crippen molar-refractivity contribution in [3.05, 3.63) is 0 Å². The van der Waals surface area contributed by atoms with Crippen molar-refractivity contribution in [3.8, 4) is 0 Å². The minimum Gasteiger partial charge on any atom is -0.373 e. The van der Waals surface area contributed by atoms with Crippen LogP contribution in [0.15, 0.2) is 4.99 Å². The second-order valence-electron chi connectivity index (χ2n) is 3.49. The monoisotopic (exact) mass is 171 g/mol. The maximum Gasteiger partial charge on any atom is 0.0822 e. The first-order valence-electron chi connectivity index (χ1n) is 4.44. The standard InChI is InChI=1S/C9H21N3/c1-8(2)12(5)6-9(3)11-7-10-4/h7-9H,6H2,1-5H3,(H,10,11). The zero-order chi connectivity index (χ0) is 9.56. The molecule has 0 spiro atoms. The molecule has 0 aliphatic carbocycles. The summed E-state index contributed by atoms with van der Waals surface area (Å²) in [6.07, 6.45) is 1.75. The van der Waals surface area contributed by atoms with Crippen LogP contribution in [-0.4, -0.2) is 44.0 Å². The fourth-order valence-electron chi connectivity index (χ4n) is 0.897. The van der Waals surface area contributed by atoms with Crippen molar-refractivity contribution in [1.29, 1.82) is 0 Å². The lowest BCUT2D eigenvalue weighted by atomic mass is 10.2. The third kappa shape index (κ3) is 5.13. The van der Waals surface area contributed by atoms with Gasteiger partial charge in [-0.2, -0.15) is 0 Å². The van der Waals surface area contributed by atoms with Gasteiger partial charge >= 0.3 is 0 Å². The van der Waals surface area contributed by atoms with E-state index >= 15 is 0 Å². The van der Waals surface area contributed by atoms with Crippen LogP contribution in [0.1, 0.15) is 20.8 Å². The van der Waals surface area contributed by atoms with Gasteiger partial charge in [0.05, 0.1) is 6.34 Å². The Balaban J connectivity index is 3.60. The molecule has 0 amide bonds. The molecule has 0 fully saturated rings. The number of likely N-dealkylation sites (N-methyl/N-ethyl adjacent to an activating group) is 1.